The molecule has 27 heavy (non-hydrogen) atoms. The van der Waals surface area contributed by atoms with Crippen molar-refractivity contribution in [2.45, 2.75) is 24.9 Å². The lowest BCUT2D eigenvalue weighted by molar-refractivity contribution is -0.137. The van der Waals surface area contributed by atoms with Gasteiger partial charge in [-0.05, 0) is 49.1 Å². The molecule has 2 heterocycles. The number of rotatable bonds is 4. The Hall–Kier alpha value is -2.79. The molecular formula is C19H20F3N5. The van der Waals surface area contributed by atoms with Gasteiger partial charge in [0.25, 0.3) is 0 Å². The van der Waals surface area contributed by atoms with E-state index in [4.69, 9.17) is 0 Å². The first-order chi connectivity index (χ1) is 12.9. The van der Waals surface area contributed by atoms with E-state index in [1.165, 1.54) is 0 Å². The lowest BCUT2D eigenvalue weighted by Gasteiger charge is -2.26. The molecule has 142 valence electrons. The van der Waals surface area contributed by atoms with Gasteiger partial charge in [-0.2, -0.15) is 18.4 Å². The summed E-state index contributed by atoms with van der Waals surface area (Å²) in [4.78, 5) is 3.79. The minimum Gasteiger partial charge on any atom is -0.387 e. The summed E-state index contributed by atoms with van der Waals surface area (Å²) < 4.78 is 39.7. The van der Waals surface area contributed by atoms with Crippen molar-refractivity contribution >= 4 is 17.1 Å². The highest BCUT2D eigenvalue weighted by atomic mass is 19.4. The second-order valence-electron chi connectivity index (χ2n) is 6.44. The van der Waals surface area contributed by atoms with Gasteiger partial charge in [0.1, 0.15) is 6.07 Å². The van der Waals surface area contributed by atoms with Gasteiger partial charge < -0.3 is 16.0 Å². The number of hydrogen-bond acceptors (Lipinski definition) is 5. The molecule has 1 aromatic carbocycles. The molecule has 2 aromatic rings. The molecule has 3 rings (SSSR count). The molecule has 5 nitrogen and oxygen atoms in total. The Morgan fingerprint density at radius 2 is 2.15 bits per heavy atom. The van der Waals surface area contributed by atoms with Crippen molar-refractivity contribution in [1.82, 2.24) is 10.3 Å². The number of piperidine rings is 1. The maximum Gasteiger partial charge on any atom is 0.418 e. The Morgan fingerprint density at radius 3 is 2.78 bits per heavy atom. The van der Waals surface area contributed by atoms with Crippen LogP contribution in [0.15, 0.2) is 30.6 Å². The van der Waals surface area contributed by atoms with Gasteiger partial charge in [0.2, 0.25) is 0 Å². The second kappa shape index (κ2) is 7.84. The van der Waals surface area contributed by atoms with Gasteiger partial charge in [-0.3, -0.25) is 4.98 Å². The maximum atomic E-state index is 13.2. The SMILES string of the molecule is CNc1c(C#N)cc(Nc2cnccc2C(F)(F)F)cc1C1CCCNC1. The quantitative estimate of drug-likeness (QED) is 0.746. The minimum absolute atomic E-state index is 0.140. The third-order valence-corrected chi connectivity index (χ3v) is 4.68. The first-order valence-electron chi connectivity index (χ1n) is 8.68. The molecule has 1 atom stereocenters. The summed E-state index contributed by atoms with van der Waals surface area (Å²) in [7, 11) is 1.74. The highest BCUT2D eigenvalue weighted by Crippen LogP contribution is 2.38. The molecule has 1 aliphatic rings. The number of nitrogens with zero attached hydrogens (tertiary/aromatic N) is 2. The number of pyridine rings is 1. The summed E-state index contributed by atoms with van der Waals surface area (Å²) in [6.07, 6.45) is -0.282. The molecule has 8 heteroatoms. The fraction of sp³-hybridized carbons (Fsp3) is 0.368. The largest absolute Gasteiger partial charge is 0.418 e. The smallest absolute Gasteiger partial charge is 0.387 e. The van der Waals surface area contributed by atoms with E-state index >= 15 is 0 Å². The molecule has 1 unspecified atom stereocenters. The van der Waals surface area contributed by atoms with Crippen molar-refractivity contribution in [2.75, 3.05) is 30.8 Å². The minimum atomic E-state index is -4.50. The van der Waals surface area contributed by atoms with Crippen molar-refractivity contribution in [1.29, 1.82) is 5.26 Å². The summed E-state index contributed by atoms with van der Waals surface area (Å²) in [5.74, 6) is 0.186. The average Bonchev–Trinajstić information content (AvgIpc) is 2.67. The highest BCUT2D eigenvalue weighted by molar-refractivity contribution is 5.73. The van der Waals surface area contributed by atoms with E-state index in [1.807, 2.05) is 6.07 Å². The first kappa shape index (κ1) is 19.0. The maximum absolute atomic E-state index is 13.2. The predicted octanol–water partition coefficient (Wildman–Crippen LogP) is 4.22. The zero-order valence-electron chi connectivity index (χ0n) is 14.8. The summed E-state index contributed by atoms with van der Waals surface area (Å²) >= 11 is 0. The van der Waals surface area contributed by atoms with E-state index in [0.717, 1.165) is 55.6 Å². The van der Waals surface area contributed by atoms with Crippen LogP contribution in [0.1, 0.15) is 35.4 Å². The molecule has 1 fully saturated rings. The zero-order valence-corrected chi connectivity index (χ0v) is 14.8. The van der Waals surface area contributed by atoms with Crippen LogP contribution in [-0.4, -0.2) is 25.1 Å². The van der Waals surface area contributed by atoms with Gasteiger partial charge in [0.05, 0.1) is 28.7 Å². The Morgan fingerprint density at radius 1 is 1.33 bits per heavy atom. The van der Waals surface area contributed by atoms with Crippen LogP contribution < -0.4 is 16.0 Å². The van der Waals surface area contributed by atoms with Crippen molar-refractivity contribution in [3.05, 3.63) is 47.3 Å². The topological polar surface area (TPSA) is 72.8 Å². The third-order valence-electron chi connectivity index (χ3n) is 4.68. The molecule has 0 bridgehead atoms. The van der Waals surface area contributed by atoms with E-state index in [9.17, 15) is 18.4 Å². The summed E-state index contributed by atoms with van der Waals surface area (Å²) in [6.45, 7) is 1.71. The standard InChI is InChI=1S/C19H20F3N5/c1-24-18-13(9-23)7-14(8-15(18)12-3-2-5-25-10-12)27-17-11-26-6-4-16(17)19(20,21)22/h4,6-8,11-12,24-25,27H,2-3,5,10H2,1H3. The molecule has 0 radical (unpaired) electrons. The van der Waals surface area contributed by atoms with E-state index in [0.29, 0.717) is 11.3 Å². The van der Waals surface area contributed by atoms with Gasteiger partial charge in [-0.15, -0.1) is 0 Å². The molecule has 1 aromatic heterocycles. The molecule has 1 saturated heterocycles. The predicted molar refractivity (Wildman–Crippen MR) is 98.1 cm³/mol. The zero-order chi connectivity index (χ0) is 19.4. The highest BCUT2D eigenvalue weighted by Gasteiger charge is 2.33. The number of aromatic nitrogens is 1. The molecule has 0 saturated carbocycles. The van der Waals surface area contributed by atoms with Gasteiger partial charge in [0, 0.05) is 25.5 Å². The molecule has 0 spiro atoms. The number of anilines is 3. The number of nitrogens with one attached hydrogen (secondary N) is 3. The number of benzene rings is 1. The van der Waals surface area contributed by atoms with Crippen LogP contribution in [0.4, 0.5) is 30.2 Å². The van der Waals surface area contributed by atoms with Crippen LogP contribution >= 0.6 is 0 Å². The van der Waals surface area contributed by atoms with Crippen molar-refractivity contribution in [2.24, 2.45) is 0 Å². The van der Waals surface area contributed by atoms with E-state index in [2.05, 4.69) is 27.0 Å². The summed E-state index contributed by atoms with van der Waals surface area (Å²) in [5, 5.41) is 18.7. The Kier molecular flexibility index (Phi) is 5.51. The lowest BCUT2D eigenvalue weighted by Crippen LogP contribution is -2.29. The lowest BCUT2D eigenvalue weighted by atomic mass is 9.88. The molecule has 3 N–H and O–H groups in total. The first-order valence-corrected chi connectivity index (χ1v) is 8.68. The Labute approximate surface area is 155 Å². The third kappa shape index (κ3) is 4.14. The Balaban J connectivity index is 2.03. The monoisotopic (exact) mass is 375 g/mol. The van der Waals surface area contributed by atoms with E-state index < -0.39 is 11.7 Å². The van der Waals surface area contributed by atoms with Crippen LogP contribution in [-0.2, 0) is 6.18 Å². The normalized spacial score (nSPS) is 17.2. The molecular weight excluding hydrogens is 355 g/mol. The summed E-state index contributed by atoms with van der Waals surface area (Å²) in [5.41, 5.74) is 1.53. The van der Waals surface area contributed by atoms with Gasteiger partial charge in [0.15, 0.2) is 0 Å². The summed E-state index contributed by atoms with van der Waals surface area (Å²) in [6, 6.07) is 6.44. The molecule has 0 amide bonds. The number of halogens is 3. The van der Waals surface area contributed by atoms with Gasteiger partial charge >= 0.3 is 6.18 Å². The van der Waals surface area contributed by atoms with E-state index in [1.54, 1.807) is 13.1 Å². The van der Waals surface area contributed by atoms with Crippen molar-refractivity contribution in [3.8, 4) is 6.07 Å². The number of nitriles is 1. The van der Waals surface area contributed by atoms with Crippen LogP contribution in [0.3, 0.4) is 0 Å². The Bertz CT molecular complexity index is 851. The van der Waals surface area contributed by atoms with Gasteiger partial charge in [-0.25, -0.2) is 0 Å². The van der Waals surface area contributed by atoms with E-state index in [-0.39, 0.29) is 11.6 Å². The second-order valence-corrected chi connectivity index (χ2v) is 6.44. The van der Waals surface area contributed by atoms with Crippen LogP contribution in [0, 0.1) is 11.3 Å². The van der Waals surface area contributed by atoms with Crippen LogP contribution in [0.2, 0.25) is 0 Å². The van der Waals surface area contributed by atoms with Crippen LogP contribution in [0.25, 0.3) is 0 Å². The number of hydrogen-bond donors (Lipinski definition) is 3. The van der Waals surface area contributed by atoms with Crippen molar-refractivity contribution in [3.63, 3.8) is 0 Å². The fourth-order valence-corrected chi connectivity index (χ4v) is 3.44. The molecule has 1 aliphatic heterocycles. The fourth-order valence-electron chi connectivity index (χ4n) is 3.44. The number of alkyl halides is 3. The van der Waals surface area contributed by atoms with Crippen molar-refractivity contribution < 1.29 is 13.2 Å². The molecule has 0 aliphatic carbocycles. The van der Waals surface area contributed by atoms with Gasteiger partial charge in [-0.1, -0.05) is 0 Å². The average molecular weight is 375 g/mol. The van der Waals surface area contributed by atoms with Crippen LogP contribution in [0.5, 0.6) is 0 Å².